The van der Waals surface area contributed by atoms with Crippen molar-refractivity contribution in [3.05, 3.63) is 6.26 Å². The van der Waals surface area contributed by atoms with Crippen molar-refractivity contribution in [3.8, 4) is 0 Å². The Morgan fingerprint density at radius 1 is 1.60 bits per heavy atom. The topological polar surface area (TPSA) is 54.5 Å². The van der Waals surface area contributed by atoms with Crippen molar-refractivity contribution in [2.45, 2.75) is 6.42 Å². The van der Waals surface area contributed by atoms with E-state index in [1.54, 1.807) is 5.01 Å². The van der Waals surface area contributed by atoms with E-state index in [9.17, 15) is 0 Å². The molecule has 0 radical (unpaired) electrons. The summed E-state index contributed by atoms with van der Waals surface area (Å²) in [5.74, 6) is 0.675. The van der Waals surface area contributed by atoms with E-state index >= 15 is 0 Å². The van der Waals surface area contributed by atoms with Gasteiger partial charge >= 0.3 is 0 Å². The minimum absolute atomic E-state index is 0.675. The summed E-state index contributed by atoms with van der Waals surface area (Å²) < 4.78 is 4.55. The van der Waals surface area contributed by atoms with Crippen LogP contribution in [0.15, 0.2) is 15.9 Å². The van der Waals surface area contributed by atoms with E-state index in [2.05, 4.69) is 20.0 Å². The van der Waals surface area contributed by atoms with Gasteiger partial charge < -0.3 is 4.52 Å². The van der Waals surface area contributed by atoms with Crippen molar-refractivity contribution in [3.63, 3.8) is 0 Å². The zero-order chi connectivity index (χ0) is 6.81. The SMILES string of the molecule is C1=NN(c2conn2)CC1. The standard InChI is InChI=1S/C5H6N4O/c1-2-6-9(3-1)5-4-10-8-7-5/h2,4H,1,3H2. The first-order chi connectivity index (χ1) is 4.97. The molecule has 0 amide bonds. The number of aromatic nitrogens is 2. The van der Waals surface area contributed by atoms with Crippen LogP contribution in [0, 0.1) is 0 Å². The molecule has 0 saturated carbocycles. The van der Waals surface area contributed by atoms with Gasteiger partial charge in [-0.15, -0.1) is 0 Å². The highest BCUT2D eigenvalue weighted by molar-refractivity contribution is 5.63. The molecule has 0 aromatic carbocycles. The van der Waals surface area contributed by atoms with Gasteiger partial charge in [-0.25, -0.2) is 5.01 Å². The van der Waals surface area contributed by atoms with E-state index in [1.807, 2.05) is 6.21 Å². The van der Waals surface area contributed by atoms with Crippen LogP contribution >= 0.6 is 0 Å². The molecule has 52 valence electrons. The van der Waals surface area contributed by atoms with Gasteiger partial charge in [0.05, 0.1) is 0 Å². The predicted molar refractivity (Wildman–Crippen MR) is 34.8 cm³/mol. The quantitative estimate of drug-likeness (QED) is 0.558. The molecule has 0 aliphatic carbocycles. The summed E-state index contributed by atoms with van der Waals surface area (Å²) in [5, 5.41) is 12.8. The molecule has 0 fully saturated rings. The number of nitrogens with zero attached hydrogens (tertiary/aromatic N) is 4. The summed E-state index contributed by atoms with van der Waals surface area (Å²) in [4.78, 5) is 0. The van der Waals surface area contributed by atoms with Gasteiger partial charge in [0, 0.05) is 24.5 Å². The largest absolute Gasteiger partial charge is 0.343 e. The van der Waals surface area contributed by atoms with Gasteiger partial charge in [-0.1, -0.05) is 5.10 Å². The fourth-order valence-electron chi connectivity index (χ4n) is 0.840. The third-order valence-corrected chi connectivity index (χ3v) is 1.30. The molecule has 0 spiro atoms. The van der Waals surface area contributed by atoms with E-state index < -0.39 is 0 Å². The molecular formula is C5H6N4O. The Balaban J connectivity index is 2.20. The van der Waals surface area contributed by atoms with Crippen molar-refractivity contribution in [1.29, 1.82) is 0 Å². The summed E-state index contributed by atoms with van der Waals surface area (Å²) >= 11 is 0. The lowest BCUT2D eigenvalue weighted by Crippen LogP contribution is -2.11. The number of anilines is 1. The first-order valence-electron chi connectivity index (χ1n) is 3.04. The summed E-state index contributed by atoms with van der Waals surface area (Å²) in [6.45, 7) is 0.869. The maximum Gasteiger partial charge on any atom is 0.213 e. The van der Waals surface area contributed by atoms with Crippen molar-refractivity contribution in [1.82, 2.24) is 10.4 Å². The second-order valence-electron chi connectivity index (χ2n) is 1.97. The first kappa shape index (κ1) is 5.40. The van der Waals surface area contributed by atoms with Crippen LogP contribution < -0.4 is 5.01 Å². The minimum Gasteiger partial charge on any atom is -0.343 e. The summed E-state index contributed by atoms with van der Waals surface area (Å²) in [5.41, 5.74) is 0. The van der Waals surface area contributed by atoms with Gasteiger partial charge in [-0.05, 0) is 0 Å². The maximum atomic E-state index is 4.55. The Morgan fingerprint density at radius 2 is 2.60 bits per heavy atom. The number of rotatable bonds is 1. The van der Waals surface area contributed by atoms with Crippen molar-refractivity contribution >= 4 is 12.0 Å². The molecule has 0 unspecified atom stereocenters. The van der Waals surface area contributed by atoms with Crippen molar-refractivity contribution in [2.75, 3.05) is 11.6 Å². The van der Waals surface area contributed by atoms with Crippen LogP contribution in [0.25, 0.3) is 0 Å². The zero-order valence-electron chi connectivity index (χ0n) is 5.27. The third kappa shape index (κ3) is 0.754. The van der Waals surface area contributed by atoms with Gasteiger partial charge in [-0.2, -0.15) is 5.10 Å². The fourth-order valence-corrected chi connectivity index (χ4v) is 0.840. The van der Waals surface area contributed by atoms with Crippen molar-refractivity contribution in [2.24, 2.45) is 5.10 Å². The number of hydrogen-bond donors (Lipinski definition) is 0. The molecule has 5 heteroatoms. The Morgan fingerprint density at radius 3 is 3.20 bits per heavy atom. The van der Waals surface area contributed by atoms with E-state index in [4.69, 9.17) is 0 Å². The van der Waals surface area contributed by atoms with E-state index in [0.29, 0.717) is 5.82 Å². The highest BCUT2D eigenvalue weighted by Gasteiger charge is 2.10. The maximum absolute atomic E-state index is 4.55. The summed E-state index contributed by atoms with van der Waals surface area (Å²) in [6, 6.07) is 0. The van der Waals surface area contributed by atoms with Crippen LogP contribution in [0.2, 0.25) is 0 Å². The zero-order valence-corrected chi connectivity index (χ0v) is 5.27. The predicted octanol–water partition coefficient (Wildman–Crippen LogP) is 0.265. The molecule has 0 bridgehead atoms. The smallest absolute Gasteiger partial charge is 0.213 e. The molecule has 0 saturated heterocycles. The van der Waals surface area contributed by atoms with Crippen LogP contribution in [0.1, 0.15) is 6.42 Å². The summed E-state index contributed by atoms with van der Waals surface area (Å²) in [7, 11) is 0. The second kappa shape index (κ2) is 2.09. The molecule has 2 heterocycles. The molecule has 5 nitrogen and oxygen atoms in total. The lowest BCUT2D eigenvalue weighted by molar-refractivity contribution is 0.393. The average Bonchev–Trinajstić information content (AvgIpc) is 2.59. The van der Waals surface area contributed by atoms with Gasteiger partial charge in [-0.3, -0.25) is 0 Å². The van der Waals surface area contributed by atoms with Crippen LogP contribution in [0.5, 0.6) is 0 Å². The number of hydrazone groups is 1. The van der Waals surface area contributed by atoms with Gasteiger partial charge in [0.1, 0.15) is 0 Å². The van der Waals surface area contributed by atoms with Crippen LogP contribution in [0.4, 0.5) is 5.82 Å². The Hall–Kier alpha value is -1.39. The van der Waals surface area contributed by atoms with Gasteiger partial charge in [0.25, 0.3) is 0 Å². The molecule has 10 heavy (non-hydrogen) atoms. The molecule has 0 N–H and O–H groups in total. The first-order valence-corrected chi connectivity index (χ1v) is 3.04. The molecule has 1 aliphatic rings. The number of hydrogen-bond acceptors (Lipinski definition) is 5. The van der Waals surface area contributed by atoms with Gasteiger partial charge in [0.15, 0.2) is 6.26 Å². The normalized spacial score (nSPS) is 16.6. The van der Waals surface area contributed by atoms with E-state index in [-0.39, 0.29) is 0 Å². The summed E-state index contributed by atoms with van der Waals surface area (Å²) in [6.07, 6.45) is 4.28. The minimum atomic E-state index is 0.675. The van der Waals surface area contributed by atoms with Gasteiger partial charge in [0.2, 0.25) is 5.82 Å². The lowest BCUT2D eigenvalue weighted by atomic mass is 10.5. The molecule has 2 rings (SSSR count). The Kier molecular flexibility index (Phi) is 1.13. The molecule has 1 aromatic rings. The Bertz CT molecular complexity index is 230. The molecular weight excluding hydrogens is 132 g/mol. The fraction of sp³-hybridized carbons (Fsp3) is 0.400. The van der Waals surface area contributed by atoms with E-state index in [0.717, 1.165) is 13.0 Å². The highest BCUT2D eigenvalue weighted by Crippen LogP contribution is 2.11. The Labute approximate surface area is 57.3 Å². The second-order valence-corrected chi connectivity index (χ2v) is 1.97. The lowest BCUT2D eigenvalue weighted by Gasteiger charge is -2.05. The highest BCUT2D eigenvalue weighted by atomic mass is 16.5. The molecule has 0 atom stereocenters. The van der Waals surface area contributed by atoms with Crippen LogP contribution in [-0.2, 0) is 0 Å². The van der Waals surface area contributed by atoms with Crippen LogP contribution in [-0.4, -0.2) is 23.1 Å². The molecule has 1 aliphatic heterocycles. The van der Waals surface area contributed by atoms with Crippen molar-refractivity contribution < 1.29 is 4.52 Å². The van der Waals surface area contributed by atoms with Crippen LogP contribution in [0.3, 0.4) is 0 Å². The average molecular weight is 138 g/mol. The third-order valence-electron chi connectivity index (χ3n) is 1.30. The molecule has 1 aromatic heterocycles. The monoisotopic (exact) mass is 138 g/mol. The van der Waals surface area contributed by atoms with E-state index in [1.165, 1.54) is 6.26 Å².